The van der Waals surface area contributed by atoms with Gasteiger partial charge in [0.2, 0.25) is 0 Å². The summed E-state index contributed by atoms with van der Waals surface area (Å²) in [5, 5.41) is 20.3. The average molecular weight is 228 g/mol. The summed E-state index contributed by atoms with van der Waals surface area (Å²) >= 11 is 5.17. The number of halogens is 1. The number of rotatable bonds is 1. The Balaban J connectivity index is 2.80. The molecule has 0 aliphatic heterocycles. The summed E-state index contributed by atoms with van der Waals surface area (Å²) in [7, 11) is -1.69. The van der Waals surface area contributed by atoms with E-state index >= 15 is 0 Å². The Kier molecular flexibility index (Phi) is 2.53. The molecule has 1 aromatic heterocycles. The molecule has 0 saturated carbocycles. The van der Waals surface area contributed by atoms with Crippen molar-refractivity contribution in [3.63, 3.8) is 0 Å². The van der Waals surface area contributed by atoms with E-state index in [-0.39, 0.29) is 10.4 Å². The van der Waals surface area contributed by atoms with Gasteiger partial charge in [0, 0.05) is 4.90 Å². The van der Waals surface area contributed by atoms with Crippen LogP contribution in [0.2, 0.25) is 0 Å². The summed E-state index contributed by atoms with van der Waals surface area (Å²) in [6.45, 7) is 0. The second kappa shape index (κ2) is 3.54. The van der Waals surface area contributed by atoms with Crippen molar-refractivity contribution in [1.82, 2.24) is 0 Å². The third kappa shape index (κ3) is 1.44. The van der Waals surface area contributed by atoms with Gasteiger partial charge in [-0.3, -0.25) is 0 Å². The number of benzene rings is 1. The van der Waals surface area contributed by atoms with Crippen molar-refractivity contribution in [2.24, 2.45) is 0 Å². The quantitative estimate of drug-likeness (QED) is 0.503. The molecule has 0 atom stereocenters. The summed E-state index contributed by atoms with van der Waals surface area (Å²) in [6, 6.07) is 3.25. The monoisotopic (exact) mass is 228 g/mol. The molecule has 0 unspecified atom stereocenters. The second-order valence-electron chi connectivity index (χ2n) is 2.84. The topological polar surface area (TPSA) is 40.5 Å². The lowest BCUT2D eigenvalue weighted by molar-refractivity contribution is 0.424. The van der Waals surface area contributed by atoms with Gasteiger partial charge in [0.1, 0.15) is 0 Å². The lowest BCUT2D eigenvalue weighted by Gasteiger charge is -2.05. The van der Waals surface area contributed by atoms with Crippen LogP contribution in [-0.4, -0.2) is 17.2 Å². The molecule has 0 aliphatic rings. The first kappa shape index (κ1) is 9.98. The molecule has 0 aliphatic carbocycles. The van der Waals surface area contributed by atoms with Gasteiger partial charge >= 0.3 is 7.12 Å². The van der Waals surface area contributed by atoms with Crippen LogP contribution >= 0.6 is 24.0 Å². The Hall–Kier alpha value is -0.555. The van der Waals surface area contributed by atoms with Gasteiger partial charge in [0.15, 0.2) is 5.82 Å². The van der Waals surface area contributed by atoms with E-state index in [1.165, 1.54) is 17.4 Å². The molecule has 0 amide bonds. The van der Waals surface area contributed by atoms with Crippen LogP contribution in [-0.2, 0) is 0 Å². The molecular formula is C8H6BFO2S2. The molecule has 6 heteroatoms. The molecule has 0 fully saturated rings. The molecule has 1 heterocycles. The molecule has 72 valence electrons. The lowest BCUT2D eigenvalue weighted by atomic mass is 9.79. The third-order valence-electron chi connectivity index (χ3n) is 1.97. The van der Waals surface area contributed by atoms with E-state index in [0.29, 0.717) is 10.1 Å². The highest BCUT2D eigenvalue weighted by Crippen LogP contribution is 2.26. The summed E-state index contributed by atoms with van der Waals surface area (Å²) in [6.07, 6.45) is 0. The molecule has 1 aromatic carbocycles. The van der Waals surface area contributed by atoms with E-state index in [0.717, 1.165) is 0 Å². The van der Waals surface area contributed by atoms with E-state index in [1.807, 2.05) is 0 Å². The number of hydrogen-bond acceptors (Lipinski definition) is 4. The minimum atomic E-state index is -1.69. The van der Waals surface area contributed by atoms with Gasteiger partial charge in [-0.2, -0.15) is 0 Å². The number of fused-ring (bicyclic) bond motifs is 1. The van der Waals surface area contributed by atoms with Crippen molar-refractivity contribution in [3.8, 4) is 0 Å². The van der Waals surface area contributed by atoms with Gasteiger partial charge in [-0.1, -0.05) is 6.07 Å². The fourth-order valence-electron chi connectivity index (χ4n) is 1.28. The fourth-order valence-corrected chi connectivity index (χ4v) is 2.46. The standard InChI is InChI=1S/C8H6BFO2S2/c10-6-7(13)5(9(11)12)3-4-1-2-14-8(4)6/h1-3,11-13H. The van der Waals surface area contributed by atoms with Crippen molar-refractivity contribution < 1.29 is 14.4 Å². The van der Waals surface area contributed by atoms with Crippen LogP contribution in [0.3, 0.4) is 0 Å². The van der Waals surface area contributed by atoms with Gasteiger partial charge in [-0.15, -0.1) is 24.0 Å². The Bertz CT molecular complexity index is 483. The summed E-state index contributed by atoms with van der Waals surface area (Å²) in [5.41, 5.74) is 0.0942. The molecule has 2 N–H and O–H groups in total. The van der Waals surface area contributed by atoms with Crippen LogP contribution in [0.1, 0.15) is 0 Å². The number of hydrogen-bond donors (Lipinski definition) is 3. The predicted molar refractivity (Wildman–Crippen MR) is 58.9 cm³/mol. The summed E-state index contributed by atoms with van der Waals surface area (Å²) in [4.78, 5) is -0.00468. The number of thiol groups is 1. The maximum absolute atomic E-state index is 13.6. The highest BCUT2D eigenvalue weighted by atomic mass is 32.1. The Morgan fingerprint density at radius 3 is 2.79 bits per heavy atom. The molecule has 2 rings (SSSR count). The van der Waals surface area contributed by atoms with Crippen molar-refractivity contribution in [2.75, 3.05) is 0 Å². The van der Waals surface area contributed by atoms with E-state index in [9.17, 15) is 4.39 Å². The van der Waals surface area contributed by atoms with E-state index in [4.69, 9.17) is 10.0 Å². The van der Waals surface area contributed by atoms with Gasteiger partial charge in [0.25, 0.3) is 0 Å². The largest absolute Gasteiger partial charge is 0.489 e. The van der Waals surface area contributed by atoms with Crippen LogP contribution in [0.5, 0.6) is 0 Å². The van der Waals surface area contributed by atoms with Gasteiger partial charge in [-0.25, -0.2) is 4.39 Å². The van der Waals surface area contributed by atoms with Crippen molar-refractivity contribution in [3.05, 3.63) is 23.3 Å². The Labute approximate surface area is 89.6 Å². The minimum Gasteiger partial charge on any atom is -0.423 e. The van der Waals surface area contributed by atoms with Crippen LogP contribution in [0.15, 0.2) is 22.4 Å². The predicted octanol–water partition coefficient (Wildman–Crippen LogP) is 1.01. The van der Waals surface area contributed by atoms with E-state index < -0.39 is 12.9 Å². The molecule has 14 heavy (non-hydrogen) atoms. The highest BCUT2D eigenvalue weighted by Gasteiger charge is 2.19. The molecule has 0 bridgehead atoms. The first-order valence-electron chi connectivity index (χ1n) is 3.86. The molecule has 0 saturated heterocycles. The first-order chi connectivity index (χ1) is 6.61. The van der Waals surface area contributed by atoms with Crippen molar-refractivity contribution >= 4 is 46.6 Å². The summed E-state index contributed by atoms with van der Waals surface area (Å²) in [5.74, 6) is -0.496. The highest BCUT2D eigenvalue weighted by molar-refractivity contribution is 7.80. The molecule has 0 radical (unpaired) electrons. The van der Waals surface area contributed by atoms with Crippen molar-refractivity contribution in [1.29, 1.82) is 0 Å². The Morgan fingerprint density at radius 1 is 1.43 bits per heavy atom. The third-order valence-corrected chi connectivity index (χ3v) is 3.34. The minimum absolute atomic E-state index is 0.00468. The smallest absolute Gasteiger partial charge is 0.423 e. The molecule has 2 aromatic rings. The van der Waals surface area contributed by atoms with Gasteiger partial charge in [-0.05, 0) is 22.3 Å². The Morgan fingerprint density at radius 2 is 2.14 bits per heavy atom. The van der Waals surface area contributed by atoms with Gasteiger partial charge < -0.3 is 10.0 Å². The van der Waals surface area contributed by atoms with E-state index in [2.05, 4.69) is 12.6 Å². The van der Waals surface area contributed by atoms with E-state index in [1.54, 1.807) is 11.4 Å². The average Bonchev–Trinajstić information content (AvgIpc) is 2.58. The van der Waals surface area contributed by atoms with Crippen LogP contribution in [0.4, 0.5) is 4.39 Å². The second-order valence-corrected chi connectivity index (χ2v) is 4.20. The normalized spacial score (nSPS) is 10.9. The van der Waals surface area contributed by atoms with Crippen LogP contribution < -0.4 is 5.46 Å². The summed E-state index contributed by atoms with van der Waals surface area (Å²) < 4.78 is 14.0. The van der Waals surface area contributed by atoms with Crippen LogP contribution in [0.25, 0.3) is 10.1 Å². The fraction of sp³-hybridized carbons (Fsp3) is 0. The molecular weight excluding hydrogens is 222 g/mol. The van der Waals surface area contributed by atoms with Gasteiger partial charge in [0.05, 0.1) is 4.70 Å². The molecule has 2 nitrogen and oxygen atoms in total. The lowest BCUT2D eigenvalue weighted by Crippen LogP contribution is -2.31. The SMILES string of the molecule is OB(O)c1cc2ccsc2c(F)c1S. The zero-order chi connectivity index (χ0) is 10.3. The van der Waals surface area contributed by atoms with Crippen LogP contribution in [0, 0.1) is 5.82 Å². The van der Waals surface area contributed by atoms with Crippen molar-refractivity contribution in [2.45, 2.75) is 4.90 Å². The zero-order valence-corrected chi connectivity index (χ0v) is 8.65. The number of thiophene rings is 1. The molecule has 0 spiro atoms. The zero-order valence-electron chi connectivity index (χ0n) is 6.94. The first-order valence-corrected chi connectivity index (χ1v) is 5.18. The maximum atomic E-state index is 13.6. The maximum Gasteiger partial charge on any atom is 0.489 e.